The minimum Gasteiger partial charge on any atom is -0.497 e. The summed E-state index contributed by atoms with van der Waals surface area (Å²) in [6, 6.07) is 6.00. The van der Waals surface area contributed by atoms with Gasteiger partial charge in [0, 0.05) is 6.21 Å². The average Bonchev–Trinajstić information content (AvgIpc) is 2.51. The van der Waals surface area contributed by atoms with Crippen LogP contribution < -0.4 is 4.74 Å². The number of nitrogens with zero attached hydrogens (tertiary/aromatic N) is 1. The predicted octanol–water partition coefficient (Wildman–Crippen LogP) is -1.09. The Morgan fingerprint density at radius 3 is 2.43 bits per heavy atom. The number of ether oxygens (including phenoxy) is 2. The summed E-state index contributed by atoms with van der Waals surface area (Å²) in [5.41, 5.74) is 0.744. The molecule has 7 heteroatoms. The fourth-order valence-electron chi connectivity index (χ4n) is 2.11. The number of hydrogen-bond donors (Lipinski definition) is 4. The fourth-order valence-corrected chi connectivity index (χ4v) is 2.11. The molecule has 1 aromatic rings. The topological polar surface area (TPSA) is 112 Å². The van der Waals surface area contributed by atoms with Crippen LogP contribution in [0.3, 0.4) is 0 Å². The van der Waals surface area contributed by atoms with Crippen molar-refractivity contribution in [3.05, 3.63) is 29.8 Å². The van der Waals surface area contributed by atoms with Crippen LogP contribution in [-0.2, 0) is 4.74 Å². The number of aliphatic imine (C=N–C) groups is 1. The van der Waals surface area contributed by atoms with Crippen molar-refractivity contribution < 1.29 is 29.9 Å². The number of hydrogen-bond acceptors (Lipinski definition) is 7. The molecule has 0 aromatic heterocycles. The van der Waals surface area contributed by atoms with Crippen molar-refractivity contribution in [2.75, 3.05) is 13.7 Å². The molecule has 1 fully saturated rings. The van der Waals surface area contributed by atoms with E-state index in [1.54, 1.807) is 31.4 Å². The van der Waals surface area contributed by atoms with Gasteiger partial charge in [0.05, 0.1) is 13.7 Å². The molecule has 1 heterocycles. The van der Waals surface area contributed by atoms with E-state index in [2.05, 4.69) is 4.99 Å². The zero-order valence-corrected chi connectivity index (χ0v) is 11.5. The summed E-state index contributed by atoms with van der Waals surface area (Å²) in [5.74, 6) is 0.703. The first-order valence-corrected chi connectivity index (χ1v) is 6.54. The van der Waals surface area contributed by atoms with Crippen molar-refractivity contribution in [3.63, 3.8) is 0 Å². The van der Waals surface area contributed by atoms with E-state index in [0.29, 0.717) is 5.75 Å². The van der Waals surface area contributed by atoms with Gasteiger partial charge in [0.15, 0.2) is 6.29 Å². The van der Waals surface area contributed by atoms with E-state index < -0.39 is 37.3 Å². The maximum atomic E-state index is 9.93. The first-order chi connectivity index (χ1) is 10.1. The molecule has 1 aliphatic heterocycles. The first kappa shape index (κ1) is 15.9. The number of rotatable bonds is 4. The lowest BCUT2D eigenvalue weighted by molar-refractivity contribution is -0.248. The summed E-state index contributed by atoms with van der Waals surface area (Å²) in [6.45, 7) is -0.496. The van der Waals surface area contributed by atoms with Gasteiger partial charge in [0.25, 0.3) is 0 Å². The Morgan fingerprint density at radius 1 is 1.19 bits per heavy atom. The largest absolute Gasteiger partial charge is 0.497 e. The third-order valence-corrected chi connectivity index (χ3v) is 3.38. The summed E-state index contributed by atoms with van der Waals surface area (Å²) in [6.07, 6.45) is -3.58. The molecule has 0 aliphatic carbocycles. The summed E-state index contributed by atoms with van der Waals surface area (Å²) in [4.78, 5) is 4.06. The zero-order valence-electron chi connectivity index (χ0n) is 11.5. The number of aliphatic hydroxyl groups is 4. The van der Waals surface area contributed by atoms with E-state index >= 15 is 0 Å². The van der Waals surface area contributed by atoms with Crippen molar-refractivity contribution in [2.45, 2.75) is 30.6 Å². The lowest BCUT2D eigenvalue weighted by atomic mass is 9.97. The maximum Gasteiger partial charge on any atom is 0.180 e. The van der Waals surface area contributed by atoms with Gasteiger partial charge in [-0.25, -0.2) is 0 Å². The minimum absolute atomic E-state index is 0.496. The molecule has 0 bridgehead atoms. The first-order valence-electron chi connectivity index (χ1n) is 6.54. The third kappa shape index (κ3) is 3.58. The molecule has 2 rings (SSSR count). The van der Waals surface area contributed by atoms with Gasteiger partial charge >= 0.3 is 0 Å². The Kier molecular flexibility index (Phi) is 5.27. The van der Waals surface area contributed by atoms with Crippen molar-refractivity contribution in [1.82, 2.24) is 0 Å². The van der Waals surface area contributed by atoms with Gasteiger partial charge in [0.1, 0.15) is 30.1 Å². The Morgan fingerprint density at radius 2 is 1.86 bits per heavy atom. The molecule has 1 aliphatic rings. The van der Waals surface area contributed by atoms with Gasteiger partial charge in [0.2, 0.25) is 0 Å². The SMILES string of the molecule is COc1ccc(C=N[C@H]2C(O)[C@@H](O)C(CO)O[C@H]2O)cc1. The highest BCUT2D eigenvalue weighted by Crippen LogP contribution is 2.22. The predicted molar refractivity (Wildman–Crippen MR) is 74.4 cm³/mol. The molecule has 116 valence electrons. The molecular weight excluding hydrogens is 278 g/mol. The molecule has 1 aromatic carbocycles. The van der Waals surface area contributed by atoms with Gasteiger partial charge < -0.3 is 29.9 Å². The van der Waals surface area contributed by atoms with E-state index in [9.17, 15) is 15.3 Å². The quantitative estimate of drug-likeness (QED) is 0.526. The lowest BCUT2D eigenvalue weighted by Gasteiger charge is -2.38. The van der Waals surface area contributed by atoms with Crippen LogP contribution in [0.4, 0.5) is 0 Å². The normalized spacial score (nSPS) is 33.3. The van der Waals surface area contributed by atoms with Crippen LogP contribution in [0.5, 0.6) is 5.75 Å². The second-order valence-corrected chi connectivity index (χ2v) is 4.77. The summed E-state index contributed by atoms with van der Waals surface area (Å²) in [5, 5.41) is 38.5. The van der Waals surface area contributed by atoms with Crippen LogP contribution in [0.15, 0.2) is 29.3 Å². The molecule has 0 saturated carbocycles. The van der Waals surface area contributed by atoms with Gasteiger partial charge in [-0.1, -0.05) is 0 Å². The van der Waals surface area contributed by atoms with Gasteiger partial charge in [-0.3, -0.25) is 4.99 Å². The lowest BCUT2D eigenvalue weighted by Crippen LogP contribution is -2.57. The Labute approximate surface area is 122 Å². The van der Waals surface area contributed by atoms with Gasteiger partial charge in [-0.05, 0) is 29.8 Å². The second kappa shape index (κ2) is 6.97. The number of methoxy groups -OCH3 is 1. The monoisotopic (exact) mass is 297 g/mol. The van der Waals surface area contributed by atoms with Crippen molar-refractivity contribution >= 4 is 6.21 Å². The molecule has 4 N–H and O–H groups in total. The Balaban J connectivity index is 2.08. The van der Waals surface area contributed by atoms with Crippen LogP contribution in [0, 0.1) is 0 Å². The summed E-state index contributed by atoms with van der Waals surface area (Å²) >= 11 is 0. The molecular formula is C14H19NO6. The highest BCUT2D eigenvalue weighted by atomic mass is 16.6. The molecule has 0 spiro atoms. The van der Waals surface area contributed by atoms with E-state index in [4.69, 9.17) is 14.6 Å². The van der Waals surface area contributed by atoms with Gasteiger partial charge in [-0.15, -0.1) is 0 Å². The van der Waals surface area contributed by atoms with Gasteiger partial charge in [-0.2, -0.15) is 0 Å². The van der Waals surface area contributed by atoms with Crippen molar-refractivity contribution in [2.24, 2.45) is 4.99 Å². The highest BCUT2D eigenvalue weighted by molar-refractivity contribution is 5.79. The third-order valence-electron chi connectivity index (χ3n) is 3.38. The molecule has 0 radical (unpaired) electrons. The minimum atomic E-state index is -1.39. The smallest absolute Gasteiger partial charge is 0.180 e. The number of benzene rings is 1. The molecule has 5 atom stereocenters. The Bertz CT molecular complexity index is 477. The number of aliphatic hydroxyl groups excluding tert-OH is 4. The van der Waals surface area contributed by atoms with Crippen LogP contribution in [0.1, 0.15) is 5.56 Å². The van der Waals surface area contributed by atoms with Crippen LogP contribution >= 0.6 is 0 Å². The fraction of sp³-hybridized carbons (Fsp3) is 0.500. The van der Waals surface area contributed by atoms with E-state index in [1.165, 1.54) is 6.21 Å². The molecule has 1 saturated heterocycles. The average molecular weight is 297 g/mol. The van der Waals surface area contributed by atoms with Crippen molar-refractivity contribution in [1.29, 1.82) is 0 Å². The van der Waals surface area contributed by atoms with E-state index in [-0.39, 0.29) is 0 Å². The van der Waals surface area contributed by atoms with Crippen LogP contribution in [0.25, 0.3) is 0 Å². The van der Waals surface area contributed by atoms with Crippen LogP contribution in [0.2, 0.25) is 0 Å². The standard InChI is InChI=1S/C14H19NO6/c1-20-9-4-2-8(3-5-9)6-15-11-13(18)12(17)10(7-16)21-14(11)19/h2-6,10-14,16-19H,7H2,1H3/t10?,11-,12-,13?,14+/m0/s1. The molecule has 7 nitrogen and oxygen atoms in total. The Hall–Kier alpha value is -1.51. The molecule has 21 heavy (non-hydrogen) atoms. The zero-order chi connectivity index (χ0) is 15.4. The molecule has 2 unspecified atom stereocenters. The van der Waals surface area contributed by atoms with E-state index in [0.717, 1.165) is 5.56 Å². The maximum absolute atomic E-state index is 9.93. The second-order valence-electron chi connectivity index (χ2n) is 4.77. The van der Waals surface area contributed by atoms with Crippen molar-refractivity contribution in [3.8, 4) is 5.75 Å². The summed E-state index contributed by atoms with van der Waals surface area (Å²) < 4.78 is 10.1. The molecule has 0 amide bonds. The van der Waals surface area contributed by atoms with E-state index in [1.807, 2.05) is 0 Å². The highest BCUT2D eigenvalue weighted by Gasteiger charge is 2.43. The summed E-state index contributed by atoms with van der Waals surface area (Å²) in [7, 11) is 1.56. The van der Waals surface area contributed by atoms with Crippen LogP contribution in [-0.4, -0.2) is 71.0 Å².